The summed E-state index contributed by atoms with van der Waals surface area (Å²) in [6.45, 7) is 2.62. The van der Waals surface area contributed by atoms with Crippen molar-refractivity contribution in [3.05, 3.63) is 23.8 Å². The van der Waals surface area contributed by atoms with Gasteiger partial charge in [-0.1, -0.05) is 22.0 Å². The fourth-order valence-corrected chi connectivity index (χ4v) is 2.22. The second kappa shape index (κ2) is 6.97. The lowest BCUT2D eigenvalue weighted by Gasteiger charge is -2.09. The molecule has 4 heteroatoms. The number of benzene rings is 1. The number of Topliss-reactive ketones (excluding diaryl/α,β-unsaturated/α-hetero) is 1. The molecule has 0 N–H and O–H groups in total. The highest BCUT2D eigenvalue weighted by molar-refractivity contribution is 9.09. The largest absolute Gasteiger partial charge is 0.494 e. The Morgan fingerprint density at radius 3 is 2.81 bits per heavy atom. The zero-order valence-electron chi connectivity index (χ0n) is 9.46. The molecular formula is C12H15BrO2S. The number of halogens is 1. The number of thioether (sulfide) groups is 1. The van der Waals surface area contributed by atoms with Crippen molar-refractivity contribution in [2.75, 3.05) is 18.2 Å². The highest BCUT2D eigenvalue weighted by Crippen LogP contribution is 2.26. The van der Waals surface area contributed by atoms with Gasteiger partial charge in [-0.3, -0.25) is 4.79 Å². The number of ether oxygens (including phenoxy) is 1. The second-order valence-electron chi connectivity index (χ2n) is 3.26. The normalized spacial score (nSPS) is 10.2. The smallest absolute Gasteiger partial charge is 0.147 e. The van der Waals surface area contributed by atoms with Gasteiger partial charge in [0, 0.05) is 11.3 Å². The quantitative estimate of drug-likeness (QED) is 0.596. The van der Waals surface area contributed by atoms with E-state index in [9.17, 15) is 4.79 Å². The first-order chi connectivity index (χ1) is 7.71. The van der Waals surface area contributed by atoms with Gasteiger partial charge < -0.3 is 4.74 Å². The molecule has 0 aliphatic carbocycles. The minimum Gasteiger partial charge on any atom is -0.494 e. The summed E-state index contributed by atoms with van der Waals surface area (Å²) >= 11 is 4.82. The summed E-state index contributed by atoms with van der Waals surface area (Å²) < 4.78 is 5.43. The van der Waals surface area contributed by atoms with Gasteiger partial charge in [0.05, 0.1) is 11.9 Å². The van der Waals surface area contributed by atoms with Crippen LogP contribution in [0.1, 0.15) is 12.5 Å². The highest BCUT2D eigenvalue weighted by Gasteiger charge is 2.08. The molecule has 0 amide bonds. The monoisotopic (exact) mass is 302 g/mol. The van der Waals surface area contributed by atoms with Crippen LogP contribution >= 0.6 is 27.7 Å². The van der Waals surface area contributed by atoms with Crippen LogP contribution in [0.15, 0.2) is 23.1 Å². The van der Waals surface area contributed by atoms with Crippen molar-refractivity contribution >= 4 is 33.5 Å². The van der Waals surface area contributed by atoms with E-state index in [1.165, 1.54) is 0 Å². The van der Waals surface area contributed by atoms with Crippen molar-refractivity contribution in [2.45, 2.75) is 18.2 Å². The molecule has 0 bridgehead atoms. The molecule has 2 nitrogen and oxygen atoms in total. The van der Waals surface area contributed by atoms with Gasteiger partial charge >= 0.3 is 0 Å². The summed E-state index contributed by atoms with van der Waals surface area (Å²) in [5, 5.41) is 0.411. The molecule has 0 heterocycles. The van der Waals surface area contributed by atoms with E-state index in [-0.39, 0.29) is 5.78 Å². The topological polar surface area (TPSA) is 26.3 Å². The zero-order chi connectivity index (χ0) is 12.0. The molecule has 0 atom stereocenters. The molecule has 0 saturated carbocycles. The van der Waals surface area contributed by atoms with Gasteiger partial charge in [-0.15, -0.1) is 11.8 Å². The molecule has 0 saturated heterocycles. The van der Waals surface area contributed by atoms with Gasteiger partial charge in [0.15, 0.2) is 0 Å². The Bertz CT molecular complexity index is 366. The standard InChI is InChI=1S/C12H15BrO2S/c1-3-15-11-5-4-9(6-10(14)8-13)12(7-11)16-2/h4-5,7H,3,6,8H2,1-2H3. The highest BCUT2D eigenvalue weighted by atomic mass is 79.9. The third kappa shape index (κ3) is 3.83. The Labute approximate surface area is 109 Å². The van der Waals surface area contributed by atoms with E-state index in [0.29, 0.717) is 18.4 Å². The van der Waals surface area contributed by atoms with Crippen LogP contribution in [0.4, 0.5) is 0 Å². The summed E-state index contributed by atoms with van der Waals surface area (Å²) in [5.41, 5.74) is 1.07. The molecule has 16 heavy (non-hydrogen) atoms. The molecule has 88 valence electrons. The second-order valence-corrected chi connectivity index (χ2v) is 4.66. The SMILES string of the molecule is CCOc1ccc(CC(=O)CBr)c(SC)c1. The summed E-state index contributed by atoms with van der Waals surface area (Å²) in [4.78, 5) is 12.5. The van der Waals surface area contributed by atoms with E-state index in [0.717, 1.165) is 16.2 Å². The van der Waals surface area contributed by atoms with E-state index in [1.807, 2.05) is 31.4 Å². The minimum absolute atomic E-state index is 0.194. The first kappa shape index (κ1) is 13.6. The fraction of sp³-hybridized carbons (Fsp3) is 0.417. The van der Waals surface area contributed by atoms with E-state index in [4.69, 9.17) is 4.74 Å². The van der Waals surface area contributed by atoms with Gasteiger partial charge in [-0.2, -0.15) is 0 Å². The maximum absolute atomic E-state index is 11.4. The Hall–Kier alpha value is -0.480. The molecule has 1 aromatic rings. The van der Waals surface area contributed by atoms with Gasteiger partial charge in [-0.05, 0) is 30.9 Å². The first-order valence-corrected chi connectivity index (χ1v) is 7.43. The third-order valence-corrected chi connectivity index (χ3v) is 3.55. The molecule has 0 unspecified atom stereocenters. The maximum Gasteiger partial charge on any atom is 0.147 e. The number of carbonyl (C=O) groups is 1. The van der Waals surface area contributed by atoms with Crippen molar-refractivity contribution in [1.29, 1.82) is 0 Å². The molecule has 0 aliphatic heterocycles. The average Bonchev–Trinajstić information content (AvgIpc) is 2.31. The molecule has 0 radical (unpaired) electrons. The number of carbonyl (C=O) groups excluding carboxylic acids is 1. The van der Waals surface area contributed by atoms with Crippen molar-refractivity contribution < 1.29 is 9.53 Å². The van der Waals surface area contributed by atoms with E-state index in [1.54, 1.807) is 11.8 Å². The predicted octanol–water partition coefficient (Wildman–Crippen LogP) is 3.31. The summed E-state index contributed by atoms with van der Waals surface area (Å²) in [6.07, 6.45) is 2.49. The summed E-state index contributed by atoms with van der Waals surface area (Å²) in [5.74, 6) is 1.06. The maximum atomic E-state index is 11.4. The van der Waals surface area contributed by atoms with Crippen molar-refractivity contribution in [1.82, 2.24) is 0 Å². The summed E-state index contributed by atoms with van der Waals surface area (Å²) in [6, 6.07) is 5.88. The van der Waals surface area contributed by atoms with E-state index < -0.39 is 0 Å². The first-order valence-electron chi connectivity index (χ1n) is 5.08. The number of alkyl halides is 1. The minimum atomic E-state index is 0.194. The Kier molecular flexibility index (Phi) is 5.91. The average molecular weight is 303 g/mol. The molecule has 0 aliphatic rings. The number of hydrogen-bond donors (Lipinski definition) is 0. The van der Waals surface area contributed by atoms with Crippen molar-refractivity contribution in [3.8, 4) is 5.75 Å². The number of ketones is 1. The Morgan fingerprint density at radius 1 is 1.50 bits per heavy atom. The molecule has 1 aromatic carbocycles. The van der Waals surface area contributed by atoms with Crippen molar-refractivity contribution in [3.63, 3.8) is 0 Å². The van der Waals surface area contributed by atoms with E-state index in [2.05, 4.69) is 15.9 Å². The zero-order valence-corrected chi connectivity index (χ0v) is 11.9. The van der Waals surface area contributed by atoms with Crippen LogP contribution in [0.2, 0.25) is 0 Å². The van der Waals surface area contributed by atoms with Crippen molar-refractivity contribution in [2.24, 2.45) is 0 Å². The fourth-order valence-electron chi connectivity index (χ4n) is 1.39. The van der Waals surface area contributed by atoms with Gasteiger partial charge in [0.2, 0.25) is 0 Å². The summed E-state index contributed by atoms with van der Waals surface area (Å²) in [7, 11) is 0. The van der Waals surface area contributed by atoms with Crippen LogP contribution in [0.3, 0.4) is 0 Å². The predicted molar refractivity (Wildman–Crippen MR) is 71.9 cm³/mol. The Balaban J connectivity index is 2.88. The van der Waals surface area contributed by atoms with Gasteiger partial charge in [0.1, 0.15) is 11.5 Å². The van der Waals surface area contributed by atoms with Crippen LogP contribution in [0.5, 0.6) is 5.75 Å². The van der Waals surface area contributed by atoms with E-state index >= 15 is 0 Å². The van der Waals surface area contributed by atoms with Crippen LogP contribution in [0.25, 0.3) is 0 Å². The van der Waals surface area contributed by atoms with Gasteiger partial charge in [0.25, 0.3) is 0 Å². The van der Waals surface area contributed by atoms with Crippen LogP contribution in [-0.2, 0) is 11.2 Å². The molecule has 0 fully saturated rings. The molecule has 0 aromatic heterocycles. The third-order valence-electron chi connectivity index (χ3n) is 2.11. The molecule has 0 spiro atoms. The number of hydrogen-bond acceptors (Lipinski definition) is 3. The van der Waals surface area contributed by atoms with Crippen LogP contribution in [0, 0.1) is 0 Å². The lowest BCUT2D eigenvalue weighted by molar-refractivity contribution is -0.115. The van der Waals surface area contributed by atoms with Gasteiger partial charge in [-0.25, -0.2) is 0 Å². The van der Waals surface area contributed by atoms with Crippen LogP contribution in [-0.4, -0.2) is 24.0 Å². The lowest BCUT2D eigenvalue weighted by atomic mass is 10.1. The molecule has 1 rings (SSSR count). The number of rotatable bonds is 6. The van der Waals surface area contributed by atoms with Crippen LogP contribution < -0.4 is 4.74 Å². The molecular weight excluding hydrogens is 288 g/mol. The Morgan fingerprint density at radius 2 is 2.25 bits per heavy atom. The lowest BCUT2D eigenvalue weighted by Crippen LogP contribution is -2.04.